The minimum absolute atomic E-state index is 0.288. The van der Waals surface area contributed by atoms with Gasteiger partial charge in [0.15, 0.2) is 11.6 Å². The van der Waals surface area contributed by atoms with E-state index in [4.69, 9.17) is 4.74 Å². The number of morpholine rings is 1. The summed E-state index contributed by atoms with van der Waals surface area (Å²) in [7, 11) is 0. The van der Waals surface area contributed by atoms with Gasteiger partial charge in [-0.2, -0.15) is 13.2 Å². The van der Waals surface area contributed by atoms with E-state index in [-0.39, 0.29) is 5.82 Å². The maximum atomic E-state index is 12.8. The zero-order valence-corrected chi connectivity index (χ0v) is 15.1. The number of nitrogens with zero attached hydrogens (tertiary/aromatic N) is 7. The molecule has 2 aliphatic rings. The Kier molecular flexibility index (Phi) is 5.16. The fraction of sp³-hybridized carbons (Fsp3) is 0.529. The van der Waals surface area contributed by atoms with E-state index in [1.165, 1.54) is 0 Å². The minimum atomic E-state index is -4.47. The highest BCUT2D eigenvalue weighted by Gasteiger charge is 2.33. The van der Waals surface area contributed by atoms with Crippen LogP contribution in [0.15, 0.2) is 24.5 Å². The molecule has 11 heteroatoms. The topological polar surface area (TPSA) is 70.5 Å². The number of aromatic nitrogens is 4. The van der Waals surface area contributed by atoms with Gasteiger partial charge in [0, 0.05) is 45.3 Å². The van der Waals surface area contributed by atoms with Crippen LogP contribution in [0.1, 0.15) is 5.69 Å². The maximum absolute atomic E-state index is 12.8. The van der Waals surface area contributed by atoms with Crippen LogP contribution < -0.4 is 14.7 Å². The molecule has 0 bridgehead atoms. The number of hydrogen-bond acceptors (Lipinski definition) is 8. The fourth-order valence-electron chi connectivity index (χ4n) is 3.29. The Morgan fingerprint density at radius 1 is 0.750 bits per heavy atom. The number of rotatable bonds is 3. The van der Waals surface area contributed by atoms with Gasteiger partial charge in [-0.05, 0) is 12.1 Å². The molecule has 0 spiro atoms. The number of hydrogen-bond donors (Lipinski definition) is 0. The third-order valence-electron chi connectivity index (χ3n) is 4.84. The van der Waals surface area contributed by atoms with Gasteiger partial charge >= 0.3 is 6.18 Å². The molecule has 0 saturated carbocycles. The van der Waals surface area contributed by atoms with Gasteiger partial charge in [-0.25, -0.2) is 9.97 Å². The molecular formula is C17H20F3N7O. The molecule has 0 radical (unpaired) electrons. The van der Waals surface area contributed by atoms with E-state index in [0.717, 1.165) is 37.1 Å². The highest BCUT2D eigenvalue weighted by molar-refractivity contribution is 5.48. The lowest BCUT2D eigenvalue weighted by atomic mass is 10.3. The van der Waals surface area contributed by atoms with Gasteiger partial charge in [0.1, 0.15) is 17.8 Å². The number of anilines is 3. The minimum Gasteiger partial charge on any atom is -0.378 e. The van der Waals surface area contributed by atoms with E-state index in [2.05, 4.69) is 30.0 Å². The zero-order chi connectivity index (χ0) is 19.6. The van der Waals surface area contributed by atoms with Crippen molar-refractivity contribution in [2.45, 2.75) is 6.18 Å². The van der Waals surface area contributed by atoms with E-state index < -0.39 is 11.9 Å². The van der Waals surface area contributed by atoms with Crippen molar-refractivity contribution in [2.24, 2.45) is 0 Å². The Morgan fingerprint density at radius 3 is 1.82 bits per heavy atom. The summed E-state index contributed by atoms with van der Waals surface area (Å²) in [4.78, 5) is 13.3. The largest absolute Gasteiger partial charge is 0.433 e. The average Bonchev–Trinajstić information content (AvgIpc) is 2.74. The van der Waals surface area contributed by atoms with Crippen molar-refractivity contribution in [1.82, 2.24) is 20.2 Å². The highest BCUT2D eigenvalue weighted by atomic mass is 19.4. The molecule has 0 aliphatic carbocycles. The van der Waals surface area contributed by atoms with Crippen molar-refractivity contribution in [2.75, 3.05) is 67.2 Å². The first kappa shape index (κ1) is 18.7. The van der Waals surface area contributed by atoms with Crippen molar-refractivity contribution in [3.63, 3.8) is 0 Å². The number of alkyl halides is 3. The zero-order valence-electron chi connectivity index (χ0n) is 15.1. The molecule has 0 amide bonds. The predicted octanol–water partition coefficient (Wildman–Crippen LogP) is 1.45. The molecule has 0 N–H and O–H groups in total. The Balaban J connectivity index is 1.37. The first-order valence-corrected chi connectivity index (χ1v) is 9.06. The first-order valence-electron chi connectivity index (χ1n) is 9.06. The SMILES string of the molecule is FC(F)(F)c1cc(N2CCN(c3ccc(N4CCOCC4)nn3)CC2)ncn1. The number of piperazine rings is 1. The molecule has 28 heavy (non-hydrogen) atoms. The van der Waals surface area contributed by atoms with Crippen LogP contribution in [0.25, 0.3) is 0 Å². The fourth-order valence-corrected chi connectivity index (χ4v) is 3.29. The Labute approximate surface area is 159 Å². The summed E-state index contributed by atoms with van der Waals surface area (Å²) in [5.41, 5.74) is -0.926. The first-order chi connectivity index (χ1) is 13.5. The van der Waals surface area contributed by atoms with Crippen molar-refractivity contribution in [3.8, 4) is 0 Å². The molecule has 2 aromatic rings. The normalized spacial score (nSPS) is 18.5. The van der Waals surface area contributed by atoms with Crippen LogP contribution in [0.4, 0.5) is 30.6 Å². The smallest absolute Gasteiger partial charge is 0.378 e. The predicted molar refractivity (Wildman–Crippen MR) is 96.5 cm³/mol. The maximum Gasteiger partial charge on any atom is 0.433 e. The van der Waals surface area contributed by atoms with Gasteiger partial charge in [-0.1, -0.05) is 0 Å². The summed E-state index contributed by atoms with van der Waals surface area (Å²) in [6, 6.07) is 4.87. The monoisotopic (exact) mass is 395 g/mol. The van der Waals surface area contributed by atoms with E-state index in [0.29, 0.717) is 39.4 Å². The van der Waals surface area contributed by atoms with Crippen LogP contribution in [-0.2, 0) is 10.9 Å². The number of halogens is 3. The molecule has 0 unspecified atom stereocenters. The van der Waals surface area contributed by atoms with Crippen LogP contribution in [0, 0.1) is 0 Å². The van der Waals surface area contributed by atoms with Crippen molar-refractivity contribution < 1.29 is 17.9 Å². The van der Waals surface area contributed by atoms with Crippen LogP contribution >= 0.6 is 0 Å². The van der Waals surface area contributed by atoms with Gasteiger partial charge in [-0.3, -0.25) is 0 Å². The molecule has 2 saturated heterocycles. The van der Waals surface area contributed by atoms with Crippen molar-refractivity contribution in [3.05, 3.63) is 30.2 Å². The Hall–Kier alpha value is -2.69. The molecule has 2 aliphatic heterocycles. The standard InChI is InChI=1S/C17H20F3N7O/c18-17(19,20)13-11-16(22-12-21-13)26-5-3-25(4-6-26)14-1-2-15(24-23-14)27-7-9-28-10-8-27/h1-2,11-12H,3-10H2. The van der Waals surface area contributed by atoms with Crippen LogP contribution in [0.3, 0.4) is 0 Å². The number of ether oxygens (including phenoxy) is 1. The quantitative estimate of drug-likeness (QED) is 0.774. The summed E-state index contributed by atoms with van der Waals surface area (Å²) >= 11 is 0. The third kappa shape index (κ3) is 4.08. The lowest BCUT2D eigenvalue weighted by Crippen LogP contribution is -2.47. The second-order valence-corrected chi connectivity index (χ2v) is 6.58. The summed E-state index contributed by atoms with van der Waals surface area (Å²) in [6.07, 6.45) is -3.52. The summed E-state index contributed by atoms with van der Waals surface area (Å²) in [5, 5.41) is 8.64. The molecule has 0 atom stereocenters. The van der Waals surface area contributed by atoms with Gasteiger partial charge < -0.3 is 19.4 Å². The molecule has 4 heterocycles. The van der Waals surface area contributed by atoms with E-state index in [1.807, 2.05) is 17.0 Å². The van der Waals surface area contributed by atoms with Crippen LogP contribution in [-0.4, -0.2) is 72.6 Å². The molecule has 8 nitrogen and oxygen atoms in total. The second kappa shape index (κ2) is 7.74. The molecule has 0 aromatic carbocycles. The average molecular weight is 395 g/mol. The second-order valence-electron chi connectivity index (χ2n) is 6.58. The summed E-state index contributed by atoms with van der Waals surface area (Å²) < 4.78 is 43.9. The Bertz CT molecular complexity index is 788. The molecule has 2 aromatic heterocycles. The van der Waals surface area contributed by atoms with Crippen LogP contribution in [0.5, 0.6) is 0 Å². The summed E-state index contributed by atoms with van der Waals surface area (Å²) in [6.45, 7) is 5.29. The van der Waals surface area contributed by atoms with E-state index >= 15 is 0 Å². The Morgan fingerprint density at radius 2 is 1.29 bits per heavy atom. The van der Waals surface area contributed by atoms with Gasteiger partial charge in [0.25, 0.3) is 0 Å². The molecule has 4 rings (SSSR count). The lowest BCUT2D eigenvalue weighted by molar-refractivity contribution is -0.141. The van der Waals surface area contributed by atoms with Gasteiger partial charge in [0.05, 0.1) is 13.2 Å². The van der Waals surface area contributed by atoms with Gasteiger partial charge in [0.2, 0.25) is 0 Å². The van der Waals surface area contributed by atoms with E-state index in [9.17, 15) is 13.2 Å². The van der Waals surface area contributed by atoms with Crippen molar-refractivity contribution in [1.29, 1.82) is 0 Å². The van der Waals surface area contributed by atoms with Crippen LogP contribution in [0.2, 0.25) is 0 Å². The lowest BCUT2D eigenvalue weighted by Gasteiger charge is -2.36. The molecule has 150 valence electrons. The highest BCUT2D eigenvalue weighted by Crippen LogP contribution is 2.29. The molecule has 2 fully saturated rings. The van der Waals surface area contributed by atoms with Crippen molar-refractivity contribution >= 4 is 17.5 Å². The molecular weight excluding hydrogens is 375 g/mol. The van der Waals surface area contributed by atoms with E-state index in [1.54, 1.807) is 0 Å². The summed E-state index contributed by atoms with van der Waals surface area (Å²) in [5.74, 6) is 1.87. The van der Waals surface area contributed by atoms with Gasteiger partial charge in [-0.15, -0.1) is 10.2 Å². The third-order valence-corrected chi connectivity index (χ3v) is 4.84.